The number of nitrogens with one attached hydrogen (secondary N) is 1. The van der Waals surface area contributed by atoms with Crippen molar-refractivity contribution in [1.29, 1.82) is 0 Å². The van der Waals surface area contributed by atoms with E-state index in [1.54, 1.807) is 25.1 Å². The van der Waals surface area contributed by atoms with E-state index in [2.05, 4.69) is 5.32 Å². The molecule has 0 aromatic heterocycles. The standard InChI is InChI=1S/C12H9Cl2NO2/c1-6(9-5-11(16)15-12(9)17)8-4-7(13)2-3-10(8)14/h2-4H,5H2,1H3,(H,15,16,17). The topological polar surface area (TPSA) is 46.2 Å². The van der Waals surface area contributed by atoms with Gasteiger partial charge in [-0.1, -0.05) is 23.2 Å². The van der Waals surface area contributed by atoms with Gasteiger partial charge in [-0.15, -0.1) is 0 Å². The highest BCUT2D eigenvalue weighted by atomic mass is 35.5. The van der Waals surface area contributed by atoms with Crippen LogP contribution in [0.4, 0.5) is 0 Å². The summed E-state index contributed by atoms with van der Waals surface area (Å²) in [4.78, 5) is 22.7. The van der Waals surface area contributed by atoms with E-state index in [4.69, 9.17) is 23.2 Å². The molecule has 1 aromatic rings. The summed E-state index contributed by atoms with van der Waals surface area (Å²) in [5, 5.41) is 3.28. The fourth-order valence-electron chi connectivity index (χ4n) is 1.74. The number of amides is 2. The Morgan fingerprint density at radius 2 is 2.00 bits per heavy atom. The molecule has 88 valence electrons. The maximum atomic E-state index is 11.5. The summed E-state index contributed by atoms with van der Waals surface area (Å²) in [7, 11) is 0. The Labute approximate surface area is 108 Å². The van der Waals surface area contributed by atoms with Crippen molar-refractivity contribution in [2.75, 3.05) is 0 Å². The van der Waals surface area contributed by atoms with E-state index in [-0.39, 0.29) is 18.2 Å². The van der Waals surface area contributed by atoms with Gasteiger partial charge in [-0.2, -0.15) is 0 Å². The second-order valence-corrected chi connectivity index (χ2v) is 4.63. The first-order chi connectivity index (χ1) is 7.99. The molecule has 1 saturated heterocycles. The minimum absolute atomic E-state index is 0.0908. The smallest absolute Gasteiger partial charge is 0.254 e. The third-order valence-electron chi connectivity index (χ3n) is 2.65. The molecule has 17 heavy (non-hydrogen) atoms. The predicted octanol–water partition coefficient (Wildman–Crippen LogP) is 2.81. The fraction of sp³-hybridized carbons (Fsp3) is 0.167. The predicted molar refractivity (Wildman–Crippen MR) is 66.8 cm³/mol. The highest BCUT2D eigenvalue weighted by Crippen LogP contribution is 2.30. The monoisotopic (exact) mass is 269 g/mol. The van der Waals surface area contributed by atoms with Crippen molar-refractivity contribution in [2.45, 2.75) is 13.3 Å². The van der Waals surface area contributed by atoms with Crippen LogP contribution >= 0.6 is 23.2 Å². The molecule has 2 amide bonds. The lowest BCUT2D eigenvalue weighted by atomic mass is 10.0. The van der Waals surface area contributed by atoms with E-state index in [0.717, 1.165) is 0 Å². The van der Waals surface area contributed by atoms with Gasteiger partial charge in [0.25, 0.3) is 5.91 Å². The van der Waals surface area contributed by atoms with Crippen molar-refractivity contribution in [3.8, 4) is 0 Å². The normalized spacial score (nSPS) is 18.3. The number of carbonyl (C=O) groups excluding carboxylic acids is 2. The van der Waals surface area contributed by atoms with Crippen LogP contribution < -0.4 is 5.32 Å². The zero-order chi connectivity index (χ0) is 12.6. The second-order valence-electron chi connectivity index (χ2n) is 3.78. The summed E-state index contributed by atoms with van der Waals surface area (Å²) in [6, 6.07) is 5.02. The molecule has 5 heteroatoms. The van der Waals surface area contributed by atoms with Gasteiger partial charge in [-0.3, -0.25) is 14.9 Å². The van der Waals surface area contributed by atoms with Crippen LogP contribution in [0.15, 0.2) is 23.8 Å². The molecule has 1 fully saturated rings. The lowest BCUT2D eigenvalue weighted by Crippen LogP contribution is -2.19. The molecule has 0 radical (unpaired) electrons. The van der Waals surface area contributed by atoms with Crippen LogP contribution in [0.2, 0.25) is 10.0 Å². The average Bonchev–Trinajstić information content (AvgIpc) is 2.60. The van der Waals surface area contributed by atoms with Crippen LogP contribution in [0.25, 0.3) is 5.57 Å². The highest BCUT2D eigenvalue weighted by Gasteiger charge is 2.26. The molecule has 1 N–H and O–H groups in total. The number of halogens is 2. The Balaban J connectivity index is 2.53. The first-order valence-corrected chi connectivity index (χ1v) is 5.74. The van der Waals surface area contributed by atoms with Crippen molar-refractivity contribution in [1.82, 2.24) is 5.32 Å². The average molecular weight is 270 g/mol. The van der Waals surface area contributed by atoms with Gasteiger partial charge in [0.1, 0.15) is 0 Å². The number of hydrogen-bond acceptors (Lipinski definition) is 2. The van der Waals surface area contributed by atoms with Gasteiger partial charge in [-0.05, 0) is 36.3 Å². The number of allylic oxidation sites excluding steroid dienone is 1. The molecule has 1 aliphatic rings. The molecule has 3 nitrogen and oxygen atoms in total. The largest absolute Gasteiger partial charge is 0.292 e. The summed E-state index contributed by atoms with van der Waals surface area (Å²) in [5.74, 6) is -0.647. The molecule has 1 aliphatic heterocycles. The van der Waals surface area contributed by atoms with E-state index in [0.29, 0.717) is 26.8 Å². The van der Waals surface area contributed by atoms with Gasteiger partial charge in [-0.25, -0.2) is 0 Å². The molecule has 0 aliphatic carbocycles. The lowest BCUT2D eigenvalue weighted by Gasteiger charge is -2.07. The summed E-state index contributed by atoms with van der Waals surface area (Å²) in [6.07, 6.45) is 0.0908. The second kappa shape index (κ2) is 4.51. The van der Waals surface area contributed by atoms with Gasteiger partial charge >= 0.3 is 0 Å². The van der Waals surface area contributed by atoms with Crippen molar-refractivity contribution in [3.05, 3.63) is 39.4 Å². The Kier molecular flexibility index (Phi) is 3.22. The molecule has 0 saturated carbocycles. The van der Waals surface area contributed by atoms with E-state index < -0.39 is 0 Å². The third kappa shape index (κ3) is 2.35. The van der Waals surface area contributed by atoms with Crippen LogP contribution in [-0.4, -0.2) is 11.8 Å². The van der Waals surface area contributed by atoms with Crippen LogP contribution in [0.3, 0.4) is 0 Å². The van der Waals surface area contributed by atoms with Crippen molar-refractivity contribution in [2.24, 2.45) is 0 Å². The molecule has 0 bridgehead atoms. The Bertz CT molecular complexity index is 549. The van der Waals surface area contributed by atoms with Gasteiger partial charge in [0.15, 0.2) is 0 Å². The van der Waals surface area contributed by atoms with Gasteiger partial charge < -0.3 is 0 Å². The first kappa shape index (κ1) is 12.1. The molecular weight excluding hydrogens is 261 g/mol. The summed E-state index contributed by atoms with van der Waals surface area (Å²) < 4.78 is 0. The fourth-order valence-corrected chi connectivity index (χ4v) is 2.17. The minimum Gasteiger partial charge on any atom is -0.292 e. The number of hydrogen-bond donors (Lipinski definition) is 1. The van der Waals surface area contributed by atoms with Crippen molar-refractivity contribution >= 4 is 40.6 Å². The zero-order valence-corrected chi connectivity index (χ0v) is 10.5. The molecule has 1 aromatic carbocycles. The van der Waals surface area contributed by atoms with Crippen molar-refractivity contribution < 1.29 is 9.59 Å². The van der Waals surface area contributed by atoms with Crippen molar-refractivity contribution in [3.63, 3.8) is 0 Å². The SMILES string of the molecule is CC(=C1CC(=O)NC1=O)c1cc(Cl)ccc1Cl. The Morgan fingerprint density at radius 1 is 1.29 bits per heavy atom. The molecule has 0 spiro atoms. The number of carbonyl (C=O) groups is 2. The van der Waals surface area contributed by atoms with Crippen LogP contribution in [-0.2, 0) is 9.59 Å². The zero-order valence-electron chi connectivity index (χ0n) is 9.01. The molecule has 1 heterocycles. The van der Waals surface area contributed by atoms with E-state index in [1.807, 2.05) is 0 Å². The van der Waals surface area contributed by atoms with E-state index >= 15 is 0 Å². The third-order valence-corrected chi connectivity index (χ3v) is 3.21. The molecular formula is C12H9Cl2NO2. The molecule has 2 rings (SSSR count). The maximum Gasteiger partial charge on any atom is 0.254 e. The van der Waals surface area contributed by atoms with Crippen LogP contribution in [0, 0.1) is 0 Å². The van der Waals surface area contributed by atoms with Gasteiger partial charge in [0, 0.05) is 15.6 Å². The Morgan fingerprint density at radius 3 is 2.59 bits per heavy atom. The summed E-state index contributed by atoms with van der Waals surface area (Å²) >= 11 is 11.9. The van der Waals surface area contributed by atoms with Gasteiger partial charge in [0.05, 0.1) is 6.42 Å². The van der Waals surface area contributed by atoms with Gasteiger partial charge in [0.2, 0.25) is 5.91 Å². The quantitative estimate of drug-likeness (QED) is 0.630. The number of rotatable bonds is 1. The van der Waals surface area contributed by atoms with Crippen LogP contribution in [0.5, 0.6) is 0 Å². The highest BCUT2D eigenvalue weighted by molar-refractivity contribution is 6.34. The number of benzene rings is 1. The molecule has 0 atom stereocenters. The lowest BCUT2D eigenvalue weighted by molar-refractivity contribution is -0.124. The molecule has 0 unspecified atom stereocenters. The summed E-state index contributed by atoms with van der Waals surface area (Å²) in [5.41, 5.74) is 1.80. The Hall–Kier alpha value is -1.32. The number of imide groups is 1. The summed E-state index contributed by atoms with van der Waals surface area (Å²) in [6.45, 7) is 1.76. The first-order valence-electron chi connectivity index (χ1n) is 4.98. The van der Waals surface area contributed by atoms with E-state index in [1.165, 1.54) is 0 Å². The van der Waals surface area contributed by atoms with E-state index in [9.17, 15) is 9.59 Å². The minimum atomic E-state index is -0.358. The maximum absolute atomic E-state index is 11.5. The van der Waals surface area contributed by atoms with Crippen LogP contribution in [0.1, 0.15) is 18.9 Å².